The van der Waals surface area contributed by atoms with E-state index in [1.807, 2.05) is 13.8 Å². The van der Waals surface area contributed by atoms with Crippen LogP contribution in [0.15, 0.2) is 0 Å². The molecule has 0 bridgehead atoms. The van der Waals surface area contributed by atoms with Crippen LogP contribution in [0.1, 0.15) is 26.7 Å². The number of alkyl halides is 3. The molecule has 0 unspecified atom stereocenters. The number of nitrogens with zero attached hydrogens (tertiary/aromatic N) is 2. The van der Waals surface area contributed by atoms with Crippen molar-refractivity contribution in [3.05, 3.63) is 0 Å². The molecule has 0 aromatic heterocycles. The first-order chi connectivity index (χ1) is 10.2. The zero-order valence-corrected chi connectivity index (χ0v) is 13.1. The van der Waals surface area contributed by atoms with Crippen LogP contribution in [-0.4, -0.2) is 73.0 Å². The van der Waals surface area contributed by atoms with Crippen molar-refractivity contribution in [2.75, 3.05) is 39.3 Å². The van der Waals surface area contributed by atoms with Gasteiger partial charge in [0.2, 0.25) is 0 Å². The summed E-state index contributed by atoms with van der Waals surface area (Å²) < 4.78 is 42.8. The van der Waals surface area contributed by atoms with E-state index in [4.69, 9.17) is 4.74 Å². The number of likely N-dealkylation sites (tertiary alicyclic amines) is 1. The normalized spacial score (nSPS) is 30.6. The fourth-order valence-electron chi connectivity index (χ4n) is 2.93. The minimum Gasteiger partial charge on any atom is -0.372 e. The molecular formula is C14H24F3N3O2. The lowest BCUT2D eigenvalue weighted by molar-refractivity contribution is -0.143. The largest absolute Gasteiger partial charge is 0.401 e. The molecule has 0 aliphatic carbocycles. The SMILES string of the molecule is CC[C@]1(C)CN(C(=O)N[C@H]2CCN(CC(F)(F)F)C2)CCO1. The first-order valence-electron chi connectivity index (χ1n) is 7.69. The average Bonchev–Trinajstić information content (AvgIpc) is 2.83. The molecule has 2 atom stereocenters. The number of hydrogen-bond donors (Lipinski definition) is 1. The van der Waals surface area contributed by atoms with Crippen LogP contribution >= 0.6 is 0 Å². The van der Waals surface area contributed by atoms with Gasteiger partial charge in [-0.15, -0.1) is 0 Å². The summed E-state index contributed by atoms with van der Waals surface area (Å²) in [4.78, 5) is 15.3. The summed E-state index contributed by atoms with van der Waals surface area (Å²) in [5, 5.41) is 2.85. The third-order valence-corrected chi connectivity index (χ3v) is 4.38. The summed E-state index contributed by atoms with van der Waals surface area (Å²) >= 11 is 0. The predicted molar refractivity (Wildman–Crippen MR) is 75.7 cm³/mol. The molecule has 2 saturated heterocycles. The lowest BCUT2D eigenvalue weighted by Crippen LogP contribution is -2.56. The third-order valence-electron chi connectivity index (χ3n) is 4.38. The molecule has 5 nitrogen and oxygen atoms in total. The molecule has 1 N–H and O–H groups in total. The van der Waals surface area contributed by atoms with Gasteiger partial charge in [0.1, 0.15) is 0 Å². The number of hydrogen-bond acceptors (Lipinski definition) is 3. The third kappa shape index (κ3) is 4.74. The van der Waals surface area contributed by atoms with Crippen LogP contribution in [0.5, 0.6) is 0 Å². The summed E-state index contributed by atoms with van der Waals surface area (Å²) in [5.41, 5.74) is -0.340. The molecule has 2 heterocycles. The average molecular weight is 323 g/mol. The number of carbonyl (C=O) groups is 1. The van der Waals surface area contributed by atoms with Crippen molar-refractivity contribution in [2.45, 2.75) is 44.5 Å². The van der Waals surface area contributed by atoms with Crippen molar-refractivity contribution in [3.8, 4) is 0 Å². The Morgan fingerprint density at radius 2 is 2.14 bits per heavy atom. The number of ether oxygens (including phenoxy) is 1. The van der Waals surface area contributed by atoms with Crippen molar-refractivity contribution in [2.24, 2.45) is 0 Å². The van der Waals surface area contributed by atoms with E-state index in [1.165, 1.54) is 4.90 Å². The van der Waals surface area contributed by atoms with Crippen molar-refractivity contribution in [1.82, 2.24) is 15.1 Å². The molecule has 2 aliphatic heterocycles. The van der Waals surface area contributed by atoms with Gasteiger partial charge in [0.25, 0.3) is 0 Å². The molecule has 2 fully saturated rings. The van der Waals surface area contributed by atoms with E-state index in [0.29, 0.717) is 32.7 Å². The van der Waals surface area contributed by atoms with Crippen molar-refractivity contribution in [3.63, 3.8) is 0 Å². The fraction of sp³-hybridized carbons (Fsp3) is 0.929. The van der Waals surface area contributed by atoms with Crippen molar-refractivity contribution in [1.29, 1.82) is 0 Å². The second kappa shape index (κ2) is 6.62. The zero-order chi connectivity index (χ0) is 16.4. The summed E-state index contributed by atoms with van der Waals surface area (Å²) in [6, 6.07) is -0.424. The van der Waals surface area contributed by atoms with E-state index in [2.05, 4.69) is 5.32 Å². The summed E-state index contributed by atoms with van der Waals surface area (Å²) in [6.45, 7) is 5.18. The van der Waals surface area contributed by atoms with Gasteiger partial charge in [-0.1, -0.05) is 6.92 Å². The van der Waals surface area contributed by atoms with Crippen LogP contribution in [0.3, 0.4) is 0 Å². The number of rotatable bonds is 3. The highest BCUT2D eigenvalue weighted by Crippen LogP contribution is 2.22. The second-order valence-electron chi connectivity index (χ2n) is 6.36. The molecule has 8 heteroatoms. The predicted octanol–water partition coefficient (Wildman–Crippen LogP) is 1.83. The molecule has 0 aromatic carbocycles. The Morgan fingerprint density at radius 1 is 1.41 bits per heavy atom. The Balaban J connectivity index is 1.80. The maximum atomic E-state index is 12.4. The molecule has 2 rings (SSSR count). The van der Waals surface area contributed by atoms with Gasteiger partial charge >= 0.3 is 12.2 Å². The highest BCUT2D eigenvalue weighted by Gasteiger charge is 2.36. The number of urea groups is 1. The lowest BCUT2D eigenvalue weighted by atomic mass is 10.0. The van der Waals surface area contributed by atoms with Gasteiger partial charge in [-0.25, -0.2) is 4.79 Å². The minimum atomic E-state index is -4.19. The summed E-state index contributed by atoms with van der Waals surface area (Å²) in [7, 11) is 0. The standard InChI is InChI=1S/C14H24F3N3O2/c1-3-13(2)9-20(6-7-22-13)12(21)18-11-4-5-19(8-11)10-14(15,16)17/h11H,3-10H2,1-2H3,(H,18,21)/t11-,13+/m0/s1. The molecule has 2 amide bonds. The maximum Gasteiger partial charge on any atom is 0.401 e. The van der Waals surface area contributed by atoms with E-state index >= 15 is 0 Å². The van der Waals surface area contributed by atoms with Crippen LogP contribution in [0.4, 0.5) is 18.0 Å². The van der Waals surface area contributed by atoms with Crippen LogP contribution in [0.25, 0.3) is 0 Å². The van der Waals surface area contributed by atoms with Gasteiger partial charge in [-0.2, -0.15) is 13.2 Å². The van der Waals surface area contributed by atoms with Gasteiger partial charge in [0, 0.05) is 25.7 Å². The highest BCUT2D eigenvalue weighted by molar-refractivity contribution is 5.74. The number of carbonyl (C=O) groups excluding carboxylic acids is 1. The lowest BCUT2D eigenvalue weighted by Gasteiger charge is -2.40. The van der Waals surface area contributed by atoms with Gasteiger partial charge in [-0.05, 0) is 19.8 Å². The molecule has 0 radical (unpaired) electrons. The second-order valence-corrected chi connectivity index (χ2v) is 6.36. The fourth-order valence-corrected chi connectivity index (χ4v) is 2.93. The van der Waals surface area contributed by atoms with E-state index in [1.54, 1.807) is 4.90 Å². The van der Waals surface area contributed by atoms with E-state index in [-0.39, 0.29) is 24.2 Å². The molecule has 0 aromatic rings. The first kappa shape index (κ1) is 17.3. The van der Waals surface area contributed by atoms with E-state index < -0.39 is 12.7 Å². The Bertz CT molecular complexity index is 405. The molecule has 0 saturated carbocycles. The van der Waals surface area contributed by atoms with Crippen LogP contribution in [0, 0.1) is 0 Å². The van der Waals surface area contributed by atoms with Crippen LogP contribution in [-0.2, 0) is 4.74 Å². The van der Waals surface area contributed by atoms with Gasteiger partial charge in [0.15, 0.2) is 0 Å². The summed E-state index contributed by atoms with van der Waals surface area (Å²) in [6.07, 6.45) is -2.83. The Labute approximate surface area is 128 Å². The molecular weight excluding hydrogens is 299 g/mol. The minimum absolute atomic E-state index is 0.207. The highest BCUT2D eigenvalue weighted by atomic mass is 19.4. The topological polar surface area (TPSA) is 44.8 Å². The molecule has 0 spiro atoms. The number of amides is 2. The maximum absolute atomic E-state index is 12.4. The first-order valence-corrected chi connectivity index (χ1v) is 7.69. The van der Waals surface area contributed by atoms with Gasteiger partial charge in [-0.3, -0.25) is 4.90 Å². The summed E-state index contributed by atoms with van der Waals surface area (Å²) in [5.74, 6) is 0. The quantitative estimate of drug-likeness (QED) is 0.862. The monoisotopic (exact) mass is 323 g/mol. The van der Waals surface area contributed by atoms with Gasteiger partial charge in [0.05, 0.1) is 25.3 Å². The van der Waals surface area contributed by atoms with Crippen molar-refractivity contribution < 1.29 is 22.7 Å². The van der Waals surface area contributed by atoms with Crippen molar-refractivity contribution >= 4 is 6.03 Å². The smallest absolute Gasteiger partial charge is 0.372 e. The molecule has 128 valence electrons. The number of morpholine rings is 1. The number of halogens is 3. The Hall–Kier alpha value is -1.02. The van der Waals surface area contributed by atoms with Crippen LogP contribution < -0.4 is 5.32 Å². The van der Waals surface area contributed by atoms with E-state index in [0.717, 1.165) is 6.42 Å². The van der Waals surface area contributed by atoms with E-state index in [9.17, 15) is 18.0 Å². The molecule has 2 aliphatic rings. The Morgan fingerprint density at radius 3 is 2.77 bits per heavy atom. The van der Waals surface area contributed by atoms with Gasteiger partial charge < -0.3 is 15.0 Å². The molecule has 22 heavy (non-hydrogen) atoms. The Kier molecular flexibility index (Phi) is 5.21. The zero-order valence-electron chi connectivity index (χ0n) is 13.1. The van der Waals surface area contributed by atoms with Crippen LogP contribution in [0.2, 0.25) is 0 Å². The number of nitrogens with one attached hydrogen (secondary N) is 1.